The summed E-state index contributed by atoms with van der Waals surface area (Å²) in [6, 6.07) is 14.5. The first-order chi connectivity index (χ1) is 12.1. The Morgan fingerprint density at radius 2 is 1.56 bits per heavy atom. The van der Waals surface area contributed by atoms with E-state index in [1.54, 1.807) is 31.4 Å². The van der Waals surface area contributed by atoms with E-state index >= 15 is 0 Å². The lowest BCUT2D eigenvalue weighted by atomic mass is 10.1. The summed E-state index contributed by atoms with van der Waals surface area (Å²) in [5.74, 6) is 0.454. The van der Waals surface area contributed by atoms with Gasteiger partial charge in [-0.2, -0.15) is 0 Å². The van der Waals surface area contributed by atoms with Crippen LogP contribution in [0.5, 0.6) is 5.75 Å². The minimum absolute atomic E-state index is 0.159. The molecule has 0 spiro atoms. The second-order valence-electron chi connectivity index (χ2n) is 5.69. The average Bonchev–Trinajstić information content (AvgIpc) is 2.66. The normalized spacial score (nSPS) is 10.2. The molecule has 2 amide bonds. The minimum Gasteiger partial charge on any atom is -0.497 e. The Morgan fingerprint density at radius 3 is 2.20 bits per heavy atom. The Morgan fingerprint density at radius 1 is 0.920 bits per heavy atom. The second kappa shape index (κ2) is 9.47. The van der Waals surface area contributed by atoms with Gasteiger partial charge in [-0.05, 0) is 48.7 Å². The first-order valence-corrected chi connectivity index (χ1v) is 8.43. The van der Waals surface area contributed by atoms with Crippen LogP contribution in [0.2, 0.25) is 0 Å². The Labute approximate surface area is 148 Å². The molecule has 2 N–H and O–H groups in total. The molecule has 5 heteroatoms. The first-order valence-electron chi connectivity index (χ1n) is 8.43. The van der Waals surface area contributed by atoms with Crippen LogP contribution in [0, 0.1) is 0 Å². The van der Waals surface area contributed by atoms with Crippen molar-refractivity contribution in [1.29, 1.82) is 0 Å². The highest BCUT2D eigenvalue weighted by Crippen LogP contribution is 2.12. The highest BCUT2D eigenvalue weighted by atomic mass is 16.5. The predicted molar refractivity (Wildman–Crippen MR) is 98.1 cm³/mol. The molecule has 0 heterocycles. The molecule has 0 aliphatic carbocycles. The van der Waals surface area contributed by atoms with Crippen molar-refractivity contribution < 1.29 is 14.3 Å². The molecular weight excluding hydrogens is 316 g/mol. The van der Waals surface area contributed by atoms with Crippen LogP contribution in [0.25, 0.3) is 0 Å². The van der Waals surface area contributed by atoms with Gasteiger partial charge in [0, 0.05) is 24.2 Å². The standard InChI is InChI=1S/C20H24N2O3/c1-3-11-21-19(23)16-7-5-8-17(14-16)20(24)22-12-10-15-6-4-9-18(13-15)25-2/h4-9,13-14H,3,10-12H2,1-2H3,(H,21,23)(H,22,24). The molecule has 132 valence electrons. The summed E-state index contributed by atoms with van der Waals surface area (Å²) in [5, 5.41) is 5.69. The van der Waals surface area contributed by atoms with Gasteiger partial charge < -0.3 is 15.4 Å². The van der Waals surface area contributed by atoms with Crippen molar-refractivity contribution in [2.75, 3.05) is 20.2 Å². The monoisotopic (exact) mass is 340 g/mol. The zero-order valence-electron chi connectivity index (χ0n) is 14.7. The maximum absolute atomic E-state index is 12.3. The van der Waals surface area contributed by atoms with Crippen molar-refractivity contribution in [2.45, 2.75) is 19.8 Å². The van der Waals surface area contributed by atoms with E-state index in [4.69, 9.17) is 4.74 Å². The summed E-state index contributed by atoms with van der Waals surface area (Å²) in [6.07, 6.45) is 1.58. The number of carbonyl (C=O) groups is 2. The van der Waals surface area contributed by atoms with Crippen LogP contribution < -0.4 is 15.4 Å². The van der Waals surface area contributed by atoms with E-state index in [-0.39, 0.29) is 11.8 Å². The average molecular weight is 340 g/mol. The lowest BCUT2D eigenvalue weighted by Gasteiger charge is -2.08. The molecule has 0 aromatic heterocycles. The van der Waals surface area contributed by atoms with E-state index in [1.165, 1.54) is 0 Å². The molecule has 0 unspecified atom stereocenters. The van der Waals surface area contributed by atoms with Gasteiger partial charge in [0.15, 0.2) is 0 Å². The van der Waals surface area contributed by atoms with Crippen molar-refractivity contribution in [2.24, 2.45) is 0 Å². The smallest absolute Gasteiger partial charge is 0.251 e. The molecule has 0 saturated carbocycles. The number of rotatable bonds is 8. The molecule has 5 nitrogen and oxygen atoms in total. The summed E-state index contributed by atoms with van der Waals surface area (Å²) < 4.78 is 5.19. The van der Waals surface area contributed by atoms with Gasteiger partial charge in [-0.1, -0.05) is 25.1 Å². The summed E-state index contributed by atoms with van der Waals surface area (Å²) in [7, 11) is 1.63. The summed E-state index contributed by atoms with van der Waals surface area (Å²) in [4.78, 5) is 24.3. The van der Waals surface area contributed by atoms with Gasteiger partial charge in [-0.15, -0.1) is 0 Å². The van der Waals surface area contributed by atoms with Crippen LogP contribution in [-0.2, 0) is 6.42 Å². The number of hydrogen-bond donors (Lipinski definition) is 2. The van der Waals surface area contributed by atoms with Crippen LogP contribution >= 0.6 is 0 Å². The van der Waals surface area contributed by atoms with Crippen LogP contribution in [0.1, 0.15) is 39.6 Å². The molecule has 0 saturated heterocycles. The topological polar surface area (TPSA) is 67.4 Å². The quantitative estimate of drug-likeness (QED) is 0.776. The molecule has 0 bridgehead atoms. The van der Waals surface area contributed by atoms with Gasteiger partial charge in [-0.3, -0.25) is 9.59 Å². The van der Waals surface area contributed by atoms with E-state index < -0.39 is 0 Å². The number of methoxy groups -OCH3 is 1. The first kappa shape index (κ1) is 18.5. The molecular formula is C20H24N2O3. The van der Waals surface area contributed by atoms with Gasteiger partial charge in [-0.25, -0.2) is 0 Å². The van der Waals surface area contributed by atoms with Crippen LogP contribution in [-0.4, -0.2) is 32.0 Å². The van der Waals surface area contributed by atoms with E-state index in [9.17, 15) is 9.59 Å². The van der Waals surface area contributed by atoms with Crippen LogP contribution in [0.4, 0.5) is 0 Å². The van der Waals surface area contributed by atoms with Gasteiger partial charge in [0.2, 0.25) is 0 Å². The van der Waals surface area contributed by atoms with Crippen LogP contribution in [0.3, 0.4) is 0 Å². The Hall–Kier alpha value is -2.82. The predicted octanol–water partition coefficient (Wildman–Crippen LogP) is 2.81. The van der Waals surface area contributed by atoms with Crippen molar-refractivity contribution >= 4 is 11.8 Å². The zero-order chi connectivity index (χ0) is 18.1. The van der Waals surface area contributed by atoms with E-state index in [0.717, 1.165) is 17.7 Å². The lowest BCUT2D eigenvalue weighted by Crippen LogP contribution is -2.27. The zero-order valence-corrected chi connectivity index (χ0v) is 14.7. The Kier molecular flexibility index (Phi) is 7.01. The number of ether oxygens (including phenoxy) is 1. The molecule has 0 aliphatic heterocycles. The van der Waals surface area contributed by atoms with Crippen molar-refractivity contribution in [3.8, 4) is 5.75 Å². The van der Waals surface area contributed by atoms with Crippen molar-refractivity contribution in [1.82, 2.24) is 10.6 Å². The molecule has 0 aliphatic rings. The van der Waals surface area contributed by atoms with E-state index in [0.29, 0.717) is 30.6 Å². The van der Waals surface area contributed by atoms with Crippen LogP contribution in [0.15, 0.2) is 48.5 Å². The highest BCUT2D eigenvalue weighted by molar-refractivity contribution is 5.99. The maximum atomic E-state index is 12.3. The molecule has 0 radical (unpaired) electrons. The maximum Gasteiger partial charge on any atom is 0.251 e. The number of hydrogen-bond acceptors (Lipinski definition) is 3. The highest BCUT2D eigenvalue weighted by Gasteiger charge is 2.10. The number of nitrogens with one attached hydrogen (secondary N) is 2. The fourth-order valence-electron chi connectivity index (χ4n) is 2.39. The molecule has 2 aromatic rings. The summed E-state index contributed by atoms with van der Waals surface area (Å²) in [5.41, 5.74) is 2.07. The Bertz CT molecular complexity index is 728. The van der Waals surface area contributed by atoms with Crippen molar-refractivity contribution in [3.63, 3.8) is 0 Å². The SMILES string of the molecule is CCCNC(=O)c1cccc(C(=O)NCCc2cccc(OC)c2)c1. The fourth-order valence-corrected chi connectivity index (χ4v) is 2.39. The fraction of sp³-hybridized carbons (Fsp3) is 0.300. The van der Waals surface area contributed by atoms with Crippen molar-refractivity contribution in [3.05, 3.63) is 65.2 Å². The van der Waals surface area contributed by atoms with Gasteiger partial charge in [0.05, 0.1) is 7.11 Å². The van der Waals surface area contributed by atoms with E-state index in [1.807, 2.05) is 31.2 Å². The third-order valence-corrected chi connectivity index (χ3v) is 3.76. The Balaban J connectivity index is 1.91. The molecule has 25 heavy (non-hydrogen) atoms. The van der Waals surface area contributed by atoms with Gasteiger partial charge in [0.1, 0.15) is 5.75 Å². The number of benzene rings is 2. The molecule has 2 aromatic carbocycles. The molecule has 0 atom stereocenters. The van der Waals surface area contributed by atoms with Gasteiger partial charge >= 0.3 is 0 Å². The second-order valence-corrected chi connectivity index (χ2v) is 5.69. The number of amides is 2. The number of carbonyl (C=O) groups excluding carboxylic acids is 2. The minimum atomic E-state index is -0.187. The molecule has 0 fully saturated rings. The lowest BCUT2D eigenvalue weighted by molar-refractivity contribution is 0.0953. The third kappa shape index (κ3) is 5.64. The van der Waals surface area contributed by atoms with Gasteiger partial charge in [0.25, 0.3) is 11.8 Å². The largest absolute Gasteiger partial charge is 0.497 e. The molecule has 2 rings (SSSR count). The summed E-state index contributed by atoms with van der Waals surface area (Å²) in [6.45, 7) is 3.13. The summed E-state index contributed by atoms with van der Waals surface area (Å²) >= 11 is 0. The third-order valence-electron chi connectivity index (χ3n) is 3.76. The van der Waals surface area contributed by atoms with E-state index in [2.05, 4.69) is 10.6 Å².